The van der Waals surface area contributed by atoms with Crippen LogP contribution in [0.5, 0.6) is 0 Å². The zero-order valence-electron chi connectivity index (χ0n) is 6.32. The van der Waals surface area contributed by atoms with Crippen molar-refractivity contribution in [1.82, 2.24) is 0 Å². The smallest absolute Gasteiger partial charge is 0.0586 e. The summed E-state index contributed by atoms with van der Waals surface area (Å²) >= 11 is 10.8. The lowest BCUT2D eigenvalue weighted by Crippen LogP contribution is -1.64. The summed E-state index contributed by atoms with van der Waals surface area (Å²) in [6.07, 6.45) is 3.13. The molecule has 0 fully saturated rings. The molecule has 0 aromatic heterocycles. The van der Waals surface area contributed by atoms with E-state index in [0.717, 1.165) is 0 Å². The van der Waals surface area contributed by atoms with Crippen LogP contribution in [-0.4, -0.2) is 0 Å². The maximum absolute atomic E-state index is 5.47. The fraction of sp³-hybridized carbons (Fsp3) is 0.250. The van der Waals surface area contributed by atoms with Crippen molar-refractivity contribution < 1.29 is 0 Å². The van der Waals surface area contributed by atoms with Crippen LogP contribution in [0.15, 0.2) is 35.4 Å². The Hall–Kier alpha value is -0.200. The van der Waals surface area contributed by atoms with Crippen LogP contribution < -0.4 is 0 Å². The Morgan fingerprint density at radius 3 is 1.80 bits per heavy atom. The first-order chi connectivity index (χ1) is 4.68. The molecule has 0 aliphatic heterocycles. The summed E-state index contributed by atoms with van der Waals surface area (Å²) < 4.78 is 0. The van der Waals surface area contributed by atoms with Crippen molar-refractivity contribution in [1.29, 1.82) is 0 Å². The third-order valence-corrected chi connectivity index (χ3v) is 1.18. The Labute approximate surface area is 72.8 Å². The molecule has 0 rings (SSSR count). The predicted molar refractivity (Wildman–Crippen MR) is 50.5 cm³/mol. The zero-order valence-corrected chi connectivity index (χ0v) is 7.84. The lowest BCUT2D eigenvalue weighted by Gasteiger charge is -1.86. The van der Waals surface area contributed by atoms with Crippen LogP contribution in [-0.2, 0) is 0 Å². The molecule has 0 unspecified atom stereocenters. The van der Waals surface area contributed by atoms with E-state index < -0.39 is 0 Å². The molecule has 0 bridgehead atoms. The Morgan fingerprint density at radius 1 is 1.30 bits per heavy atom. The van der Waals surface area contributed by atoms with E-state index in [9.17, 15) is 0 Å². The van der Waals surface area contributed by atoms with Gasteiger partial charge in [-0.25, -0.2) is 0 Å². The Kier molecular flexibility index (Phi) is 11.0. The van der Waals surface area contributed by atoms with Gasteiger partial charge in [-0.05, 0) is 6.08 Å². The number of hydrogen-bond acceptors (Lipinski definition) is 0. The summed E-state index contributed by atoms with van der Waals surface area (Å²) in [6.45, 7) is 10.8. The number of rotatable bonds is 2. The van der Waals surface area contributed by atoms with Gasteiger partial charge >= 0.3 is 0 Å². The third-order valence-electron chi connectivity index (χ3n) is 0.523. The molecule has 10 heavy (non-hydrogen) atoms. The first-order valence-corrected chi connectivity index (χ1v) is 3.77. The highest BCUT2D eigenvalue weighted by Gasteiger charge is 1.88. The first kappa shape index (κ1) is 12.5. The minimum absolute atomic E-state index is 0.339. The van der Waals surface area contributed by atoms with Gasteiger partial charge < -0.3 is 0 Å². The Balaban J connectivity index is 0. The van der Waals surface area contributed by atoms with Gasteiger partial charge in [0.1, 0.15) is 0 Å². The number of hydrogen-bond donors (Lipinski definition) is 0. The average Bonchev–Trinajstić information content (AvgIpc) is 1.93. The summed E-state index contributed by atoms with van der Waals surface area (Å²) in [7, 11) is 0. The second-order valence-corrected chi connectivity index (χ2v) is 2.02. The molecule has 2 heteroatoms. The van der Waals surface area contributed by atoms with Gasteiger partial charge in [0.2, 0.25) is 0 Å². The van der Waals surface area contributed by atoms with Crippen LogP contribution in [0.25, 0.3) is 0 Å². The molecule has 0 heterocycles. The molecule has 0 saturated carbocycles. The zero-order chi connectivity index (χ0) is 8.57. The molecule has 0 aromatic carbocycles. The number of allylic oxidation sites excluding steroid dienone is 4. The summed E-state index contributed by atoms with van der Waals surface area (Å²) in [4.78, 5) is 0. The lowest BCUT2D eigenvalue weighted by molar-refractivity contribution is 1.50. The van der Waals surface area contributed by atoms with Crippen LogP contribution in [0.4, 0.5) is 0 Å². The second kappa shape index (κ2) is 8.80. The molecule has 0 aromatic rings. The topological polar surface area (TPSA) is 0 Å². The molecule has 0 nitrogen and oxygen atoms in total. The molecular weight excluding hydrogens is 167 g/mol. The minimum atomic E-state index is 0.339. The van der Waals surface area contributed by atoms with Gasteiger partial charge in [0, 0.05) is 0 Å². The molecule has 0 aliphatic rings. The molecule has 0 saturated heterocycles. The van der Waals surface area contributed by atoms with E-state index in [2.05, 4.69) is 13.2 Å². The van der Waals surface area contributed by atoms with Gasteiger partial charge in [-0.1, -0.05) is 56.3 Å². The van der Waals surface area contributed by atoms with Crippen molar-refractivity contribution in [2.75, 3.05) is 0 Å². The highest BCUT2D eigenvalue weighted by Crippen LogP contribution is 2.15. The third kappa shape index (κ3) is 7.80. The van der Waals surface area contributed by atoms with Crippen molar-refractivity contribution in [3.8, 4) is 0 Å². The van der Waals surface area contributed by atoms with Crippen molar-refractivity contribution in [2.24, 2.45) is 0 Å². The first-order valence-electron chi connectivity index (χ1n) is 3.01. The highest BCUT2D eigenvalue weighted by molar-refractivity contribution is 6.43. The van der Waals surface area contributed by atoms with Gasteiger partial charge in [0.15, 0.2) is 0 Å². The van der Waals surface area contributed by atoms with Crippen LogP contribution in [0.3, 0.4) is 0 Å². The average molecular weight is 179 g/mol. The van der Waals surface area contributed by atoms with Gasteiger partial charge in [-0.3, -0.25) is 0 Å². The Morgan fingerprint density at radius 2 is 1.70 bits per heavy atom. The maximum Gasteiger partial charge on any atom is 0.0586 e. The van der Waals surface area contributed by atoms with Gasteiger partial charge in [-0.2, -0.15) is 0 Å². The van der Waals surface area contributed by atoms with E-state index in [-0.39, 0.29) is 0 Å². The van der Waals surface area contributed by atoms with Crippen LogP contribution >= 0.6 is 23.2 Å². The monoisotopic (exact) mass is 178 g/mol. The van der Waals surface area contributed by atoms with E-state index in [1.165, 1.54) is 0 Å². The Bertz CT molecular complexity index is 134. The normalized spacial score (nSPS) is 9.40. The van der Waals surface area contributed by atoms with Crippen LogP contribution in [0.1, 0.15) is 13.8 Å². The van der Waals surface area contributed by atoms with E-state index in [0.29, 0.717) is 10.1 Å². The summed E-state index contributed by atoms with van der Waals surface area (Å²) in [5.41, 5.74) is 0. The minimum Gasteiger partial charge on any atom is -0.0990 e. The van der Waals surface area contributed by atoms with Gasteiger partial charge in [0.25, 0.3) is 0 Å². The van der Waals surface area contributed by atoms with E-state index in [4.69, 9.17) is 23.2 Å². The fourth-order valence-electron chi connectivity index (χ4n) is 0.194. The summed E-state index contributed by atoms with van der Waals surface area (Å²) in [6, 6.07) is 0. The molecule has 0 spiro atoms. The summed E-state index contributed by atoms with van der Waals surface area (Å²) in [5, 5.41) is 0.772. The fourth-order valence-corrected chi connectivity index (χ4v) is 0.346. The number of halogens is 2. The quantitative estimate of drug-likeness (QED) is 0.560. The van der Waals surface area contributed by atoms with Crippen molar-refractivity contribution in [2.45, 2.75) is 13.8 Å². The lowest BCUT2D eigenvalue weighted by atomic mass is 10.5. The van der Waals surface area contributed by atoms with Crippen molar-refractivity contribution in [3.63, 3.8) is 0 Å². The standard InChI is InChI=1S/C6H6Cl2.C2H6/c1-3-4-6(8)5(2)7;1-2/h3-4H,1-2H2;1-2H3/b6-4+;. The molecule has 58 valence electrons. The highest BCUT2D eigenvalue weighted by atomic mass is 35.5. The molecule has 0 radical (unpaired) electrons. The van der Waals surface area contributed by atoms with Crippen LogP contribution in [0.2, 0.25) is 0 Å². The van der Waals surface area contributed by atoms with Crippen LogP contribution in [0, 0.1) is 0 Å². The molecule has 0 amide bonds. The summed E-state index contributed by atoms with van der Waals surface area (Å²) in [5.74, 6) is 0. The van der Waals surface area contributed by atoms with E-state index in [1.807, 2.05) is 13.8 Å². The maximum atomic E-state index is 5.47. The van der Waals surface area contributed by atoms with Gasteiger partial charge in [-0.15, -0.1) is 0 Å². The van der Waals surface area contributed by atoms with Gasteiger partial charge in [0.05, 0.1) is 10.1 Å². The molecular formula is C8H12Cl2. The van der Waals surface area contributed by atoms with Crippen molar-refractivity contribution in [3.05, 3.63) is 35.4 Å². The molecule has 0 N–H and O–H groups in total. The van der Waals surface area contributed by atoms with Crippen molar-refractivity contribution >= 4 is 23.2 Å². The largest absolute Gasteiger partial charge is 0.0990 e. The van der Waals surface area contributed by atoms with E-state index in [1.54, 1.807) is 12.2 Å². The van der Waals surface area contributed by atoms with E-state index >= 15 is 0 Å². The SMILES string of the molecule is C=C/C=C(/Cl)C(=C)Cl.CC. The predicted octanol–water partition coefficient (Wildman–Crippen LogP) is 4.07. The molecule has 0 atom stereocenters. The molecule has 0 aliphatic carbocycles. The second-order valence-electron chi connectivity index (χ2n) is 1.16.